The van der Waals surface area contributed by atoms with Gasteiger partial charge in [0.25, 0.3) is 10.2 Å². The Morgan fingerprint density at radius 3 is 2.68 bits per heavy atom. The van der Waals surface area contributed by atoms with Gasteiger partial charge in [0.05, 0.1) is 28.5 Å². The van der Waals surface area contributed by atoms with E-state index in [1.165, 1.54) is 9.21 Å². The SMILES string of the molecule is O=S(=O)(NCC1CC1)N[C@@H]1CC[C@@H](COSI)OC1. The summed E-state index contributed by atoms with van der Waals surface area (Å²) in [6.07, 6.45) is 3.93. The van der Waals surface area contributed by atoms with Crippen LogP contribution in [0.1, 0.15) is 25.7 Å². The summed E-state index contributed by atoms with van der Waals surface area (Å²) in [4.78, 5) is 0. The summed E-state index contributed by atoms with van der Waals surface area (Å²) in [7, 11) is -2.10. The monoisotopic (exact) mass is 422 g/mol. The van der Waals surface area contributed by atoms with Gasteiger partial charge >= 0.3 is 0 Å². The molecule has 1 saturated heterocycles. The average molecular weight is 422 g/mol. The second-order valence-corrected chi connectivity index (χ2v) is 7.96. The summed E-state index contributed by atoms with van der Waals surface area (Å²) in [6.45, 7) is 1.50. The maximum atomic E-state index is 11.8. The normalized spacial score (nSPS) is 28.5. The van der Waals surface area contributed by atoms with E-state index in [0.29, 0.717) is 25.7 Å². The third kappa shape index (κ3) is 6.44. The highest BCUT2D eigenvalue weighted by Crippen LogP contribution is 2.27. The molecule has 0 spiro atoms. The zero-order valence-corrected chi connectivity index (χ0v) is 14.3. The number of ether oxygens (including phenoxy) is 1. The molecule has 2 atom stereocenters. The van der Waals surface area contributed by atoms with Gasteiger partial charge < -0.3 is 8.92 Å². The van der Waals surface area contributed by atoms with Crippen molar-refractivity contribution in [2.45, 2.75) is 37.8 Å². The van der Waals surface area contributed by atoms with E-state index in [2.05, 4.69) is 30.6 Å². The highest BCUT2D eigenvalue weighted by molar-refractivity contribution is 14.2. The van der Waals surface area contributed by atoms with Crippen molar-refractivity contribution in [2.24, 2.45) is 5.92 Å². The van der Waals surface area contributed by atoms with Crippen LogP contribution in [-0.4, -0.2) is 40.3 Å². The van der Waals surface area contributed by atoms with Gasteiger partial charge in [-0.1, -0.05) is 0 Å². The first-order valence-electron chi connectivity index (χ1n) is 6.38. The molecule has 0 amide bonds. The maximum Gasteiger partial charge on any atom is 0.277 e. The van der Waals surface area contributed by atoms with Gasteiger partial charge in [0.15, 0.2) is 0 Å². The molecule has 1 heterocycles. The Kier molecular flexibility index (Phi) is 6.63. The van der Waals surface area contributed by atoms with E-state index in [1.54, 1.807) is 0 Å². The van der Waals surface area contributed by atoms with Crippen LogP contribution in [0.2, 0.25) is 0 Å². The van der Waals surface area contributed by atoms with Crippen molar-refractivity contribution in [3.63, 3.8) is 0 Å². The van der Waals surface area contributed by atoms with Gasteiger partial charge in [-0.3, -0.25) is 0 Å². The lowest BCUT2D eigenvalue weighted by atomic mass is 10.1. The quantitative estimate of drug-likeness (QED) is 0.457. The molecule has 19 heavy (non-hydrogen) atoms. The zero-order valence-electron chi connectivity index (χ0n) is 10.5. The van der Waals surface area contributed by atoms with Gasteiger partial charge in [-0.05, 0) is 31.6 Å². The molecule has 2 aliphatic rings. The molecule has 2 fully saturated rings. The summed E-state index contributed by atoms with van der Waals surface area (Å²) in [5.74, 6) is 0.534. The molecule has 0 aromatic heterocycles. The largest absolute Gasteiger partial charge is 0.374 e. The molecule has 2 N–H and O–H groups in total. The lowest BCUT2D eigenvalue weighted by Crippen LogP contribution is -2.48. The van der Waals surface area contributed by atoms with Crippen molar-refractivity contribution >= 4 is 40.6 Å². The van der Waals surface area contributed by atoms with E-state index in [0.717, 1.165) is 25.7 Å². The van der Waals surface area contributed by atoms with Gasteiger partial charge in [0.2, 0.25) is 0 Å². The van der Waals surface area contributed by atoms with Gasteiger partial charge in [-0.25, -0.2) is 4.72 Å². The van der Waals surface area contributed by atoms with Crippen LogP contribution in [0.5, 0.6) is 0 Å². The van der Waals surface area contributed by atoms with Gasteiger partial charge in [-0.2, -0.15) is 13.1 Å². The fourth-order valence-corrected chi connectivity index (χ4v) is 3.75. The molecule has 0 aromatic carbocycles. The van der Waals surface area contributed by atoms with Crippen LogP contribution in [0.15, 0.2) is 0 Å². The highest BCUT2D eigenvalue weighted by atomic mass is 127. The number of halogens is 1. The minimum Gasteiger partial charge on any atom is -0.374 e. The average Bonchev–Trinajstić information content (AvgIpc) is 3.19. The number of hydrogen-bond acceptors (Lipinski definition) is 5. The lowest BCUT2D eigenvalue weighted by molar-refractivity contribution is -0.0184. The molecule has 0 aromatic rings. The van der Waals surface area contributed by atoms with E-state index in [9.17, 15) is 8.42 Å². The number of hydrogen-bond donors (Lipinski definition) is 2. The third-order valence-corrected chi connectivity index (χ3v) is 5.43. The van der Waals surface area contributed by atoms with Crippen LogP contribution in [0.4, 0.5) is 0 Å². The lowest BCUT2D eigenvalue weighted by Gasteiger charge is -2.28. The first kappa shape index (κ1) is 16.2. The predicted octanol–water partition coefficient (Wildman–Crippen LogP) is 1.38. The van der Waals surface area contributed by atoms with Crippen molar-refractivity contribution in [2.75, 3.05) is 19.8 Å². The van der Waals surface area contributed by atoms with Gasteiger partial charge in [0.1, 0.15) is 0 Å². The van der Waals surface area contributed by atoms with Crippen molar-refractivity contribution in [1.82, 2.24) is 9.44 Å². The molecular formula is C10H19IN2O4S2. The van der Waals surface area contributed by atoms with Crippen LogP contribution in [0, 0.1) is 5.92 Å². The highest BCUT2D eigenvalue weighted by Gasteiger charge is 2.27. The molecule has 1 aliphatic heterocycles. The molecule has 6 nitrogen and oxygen atoms in total. The van der Waals surface area contributed by atoms with Crippen LogP contribution < -0.4 is 9.44 Å². The first-order valence-corrected chi connectivity index (χ1v) is 11.1. The fraction of sp³-hybridized carbons (Fsp3) is 1.00. The Bertz CT molecular complexity index is 370. The summed E-state index contributed by atoms with van der Waals surface area (Å²) in [5, 5.41) is 0. The molecular weight excluding hydrogens is 403 g/mol. The Labute approximate surface area is 130 Å². The summed E-state index contributed by atoms with van der Waals surface area (Å²) in [6, 6.07) is -0.139. The molecule has 1 saturated carbocycles. The predicted molar refractivity (Wildman–Crippen MR) is 83.1 cm³/mol. The summed E-state index contributed by atoms with van der Waals surface area (Å²) >= 11 is 2.06. The first-order chi connectivity index (χ1) is 9.09. The molecule has 0 bridgehead atoms. The Hall–Kier alpha value is 0.870. The smallest absolute Gasteiger partial charge is 0.277 e. The maximum absolute atomic E-state index is 11.8. The minimum absolute atomic E-state index is 0.0717. The van der Waals surface area contributed by atoms with Crippen LogP contribution >= 0.6 is 30.4 Å². The second kappa shape index (κ2) is 7.76. The van der Waals surface area contributed by atoms with Crippen molar-refractivity contribution in [3.8, 4) is 0 Å². The van der Waals surface area contributed by atoms with E-state index < -0.39 is 10.2 Å². The fourth-order valence-electron chi connectivity index (χ4n) is 1.94. The van der Waals surface area contributed by atoms with Gasteiger partial charge in [0, 0.05) is 33.8 Å². The molecule has 112 valence electrons. The third-order valence-electron chi connectivity index (χ3n) is 3.25. The van der Waals surface area contributed by atoms with Crippen molar-refractivity contribution < 1.29 is 17.3 Å². The molecule has 1 aliphatic carbocycles. The van der Waals surface area contributed by atoms with Crippen LogP contribution in [0.3, 0.4) is 0 Å². The standard InChI is InChI=1S/C10H19IN2O4S2/c11-18-17-7-10-4-3-9(6-16-10)13-19(14,15)12-5-8-1-2-8/h8-10,12-13H,1-7H2/t9-,10+/m1/s1. The second-order valence-electron chi connectivity index (χ2n) is 4.99. The van der Waals surface area contributed by atoms with E-state index in [-0.39, 0.29) is 12.1 Å². The number of nitrogens with one attached hydrogen (secondary N) is 2. The molecule has 9 heteroatoms. The van der Waals surface area contributed by atoms with Crippen LogP contribution in [0.25, 0.3) is 0 Å². The Morgan fingerprint density at radius 1 is 1.32 bits per heavy atom. The van der Waals surface area contributed by atoms with E-state index >= 15 is 0 Å². The number of rotatable bonds is 8. The Morgan fingerprint density at radius 2 is 2.11 bits per heavy atom. The van der Waals surface area contributed by atoms with Crippen molar-refractivity contribution in [1.29, 1.82) is 0 Å². The summed E-state index contributed by atoms with van der Waals surface area (Å²) < 4.78 is 39.6. The summed E-state index contributed by atoms with van der Waals surface area (Å²) in [5.41, 5.74) is 0. The minimum atomic E-state index is -3.39. The zero-order chi connectivity index (χ0) is 13.7. The molecule has 0 radical (unpaired) electrons. The van der Waals surface area contributed by atoms with E-state index in [4.69, 9.17) is 8.92 Å². The molecule has 2 rings (SSSR count). The molecule has 0 unspecified atom stereocenters. The topological polar surface area (TPSA) is 76.7 Å². The van der Waals surface area contributed by atoms with Gasteiger partial charge in [-0.15, -0.1) is 0 Å². The van der Waals surface area contributed by atoms with E-state index in [1.807, 2.05) is 0 Å². The van der Waals surface area contributed by atoms with Crippen molar-refractivity contribution in [3.05, 3.63) is 0 Å². The van der Waals surface area contributed by atoms with Crippen LogP contribution in [-0.2, 0) is 19.1 Å². The Balaban J connectivity index is 1.66.